The van der Waals surface area contributed by atoms with Crippen molar-refractivity contribution in [3.8, 4) is 17.2 Å². The molecule has 3 aromatic heterocycles. The van der Waals surface area contributed by atoms with Crippen LogP contribution in [0.25, 0.3) is 22.3 Å². The number of aryl methyl sites for hydroxylation is 2. The van der Waals surface area contributed by atoms with Crippen molar-refractivity contribution in [3.05, 3.63) is 23.5 Å². The molecule has 0 aliphatic heterocycles. The van der Waals surface area contributed by atoms with Crippen molar-refractivity contribution >= 4 is 22.7 Å². The predicted octanol–water partition coefficient (Wildman–Crippen LogP) is 5.63. The number of nitrogens with one attached hydrogen (secondary N) is 2. The molecule has 0 atom stereocenters. The summed E-state index contributed by atoms with van der Waals surface area (Å²) in [5.41, 5.74) is 2.34. The Labute approximate surface area is 207 Å². The maximum atomic E-state index is 12.8. The molecule has 0 unspecified atom stereocenters. The summed E-state index contributed by atoms with van der Waals surface area (Å²) in [7, 11) is 0. The van der Waals surface area contributed by atoms with Crippen LogP contribution in [0.5, 0.6) is 5.88 Å². The first-order chi connectivity index (χ1) is 17.2. The summed E-state index contributed by atoms with van der Waals surface area (Å²) in [6, 6.07) is 3.73. The molecule has 0 amide bonds. The van der Waals surface area contributed by atoms with Crippen molar-refractivity contribution in [1.29, 1.82) is 0 Å². The van der Waals surface area contributed by atoms with Crippen LogP contribution in [0.15, 0.2) is 16.5 Å². The lowest BCUT2D eigenvalue weighted by Crippen LogP contribution is -2.28. The molecule has 0 bridgehead atoms. The Morgan fingerprint density at radius 3 is 2.50 bits per heavy atom. The third-order valence-corrected chi connectivity index (χ3v) is 6.33. The third kappa shape index (κ3) is 6.18. The fraction of sp³-hybridized carbons (Fsp3) is 0.560. The lowest BCUT2D eigenvalue weighted by molar-refractivity contribution is -0.115. The van der Waals surface area contributed by atoms with Crippen LogP contribution in [-0.4, -0.2) is 52.0 Å². The molecule has 1 aliphatic carbocycles. The Morgan fingerprint density at radius 1 is 1.08 bits per heavy atom. The van der Waals surface area contributed by atoms with Crippen molar-refractivity contribution in [2.45, 2.75) is 65.1 Å². The van der Waals surface area contributed by atoms with Gasteiger partial charge in [0.05, 0.1) is 23.6 Å². The van der Waals surface area contributed by atoms with E-state index in [2.05, 4.69) is 25.6 Å². The van der Waals surface area contributed by atoms with Crippen LogP contribution in [-0.2, 0) is 0 Å². The quantitative estimate of drug-likeness (QED) is 0.342. The predicted molar refractivity (Wildman–Crippen MR) is 131 cm³/mol. The molecule has 0 spiro atoms. The molecule has 36 heavy (non-hydrogen) atoms. The SMILES string of the molecule is CCCOc1cc2cc(-c3c(C)nc(NCC(F)(F)F)nc3NC3CCC(CO)CC3)oc2c(C)n1. The number of aromatic nitrogens is 3. The van der Waals surface area contributed by atoms with Gasteiger partial charge in [-0.05, 0) is 57.9 Å². The molecule has 3 aromatic rings. The molecule has 1 saturated carbocycles. The standard InChI is InChI=1S/C25H32F3N5O3/c1-4-9-35-20-11-17-10-19(36-22(17)15(3)30-20)21-14(2)31-24(29-13-25(26,27)28)33-23(21)32-18-7-5-16(12-34)6-8-18/h10-11,16,18,34H,4-9,12-13H2,1-3H3,(H2,29,31,32,33). The van der Waals surface area contributed by atoms with Gasteiger partial charge in [-0.1, -0.05) is 6.92 Å². The Hall–Kier alpha value is -3.08. The number of anilines is 2. The number of rotatable bonds is 9. The number of pyridine rings is 1. The lowest BCUT2D eigenvalue weighted by atomic mass is 9.86. The number of hydrogen-bond acceptors (Lipinski definition) is 8. The molecule has 3 N–H and O–H groups in total. The zero-order valence-corrected chi connectivity index (χ0v) is 20.7. The van der Waals surface area contributed by atoms with E-state index in [0.29, 0.717) is 46.6 Å². The highest BCUT2D eigenvalue weighted by Gasteiger charge is 2.28. The number of aliphatic hydroxyl groups is 1. The minimum absolute atomic E-state index is 0.0677. The van der Waals surface area contributed by atoms with E-state index in [0.717, 1.165) is 37.5 Å². The summed E-state index contributed by atoms with van der Waals surface area (Å²) >= 11 is 0. The Morgan fingerprint density at radius 2 is 1.83 bits per heavy atom. The minimum atomic E-state index is -4.40. The molecule has 8 nitrogen and oxygen atoms in total. The smallest absolute Gasteiger partial charge is 0.405 e. The molecular weight excluding hydrogens is 475 g/mol. The Bertz CT molecular complexity index is 1190. The van der Waals surface area contributed by atoms with Gasteiger partial charge in [0.2, 0.25) is 11.8 Å². The third-order valence-electron chi connectivity index (χ3n) is 6.33. The molecule has 0 radical (unpaired) electrons. The zero-order chi connectivity index (χ0) is 25.9. The van der Waals surface area contributed by atoms with Crippen LogP contribution in [0, 0.1) is 19.8 Å². The van der Waals surface area contributed by atoms with Crippen molar-refractivity contribution in [2.24, 2.45) is 5.92 Å². The van der Waals surface area contributed by atoms with Crippen LogP contribution < -0.4 is 15.4 Å². The van der Waals surface area contributed by atoms with Crippen LogP contribution in [0.3, 0.4) is 0 Å². The molecule has 3 heterocycles. The average Bonchev–Trinajstić information content (AvgIpc) is 3.25. The fourth-order valence-corrected chi connectivity index (χ4v) is 4.49. The first-order valence-electron chi connectivity index (χ1n) is 12.3. The number of halogens is 3. The molecule has 1 aliphatic rings. The van der Waals surface area contributed by atoms with Gasteiger partial charge in [-0.2, -0.15) is 18.2 Å². The van der Waals surface area contributed by atoms with Crippen LogP contribution in [0.4, 0.5) is 24.9 Å². The van der Waals surface area contributed by atoms with Gasteiger partial charge in [0, 0.05) is 24.1 Å². The van der Waals surface area contributed by atoms with Crippen molar-refractivity contribution in [3.63, 3.8) is 0 Å². The van der Waals surface area contributed by atoms with Crippen LogP contribution in [0.1, 0.15) is 50.4 Å². The van der Waals surface area contributed by atoms with Crippen molar-refractivity contribution in [1.82, 2.24) is 15.0 Å². The summed E-state index contributed by atoms with van der Waals surface area (Å²) in [5, 5.41) is 15.9. The molecular formula is C25H32F3N5O3. The Kier molecular flexibility index (Phi) is 7.87. The van der Waals surface area contributed by atoms with E-state index in [9.17, 15) is 18.3 Å². The summed E-state index contributed by atoms with van der Waals surface area (Å²) in [4.78, 5) is 13.2. The van der Waals surface area contributed by atoms with E-state index in [1.807, 2.05) is 26.0 Å². The summed E-state index contributed by atoms with van der Waals surface area (Å²) < 4.78 is 50.3. The minimum Gasteiger partial charge on any atom is -0.478 e. The number of alkyl halides is 3. The normalized spacial score (nSPS) is 18.4. The van der Waals surface area contributed by atoms with E-state index in [4.69, 9.17) is 9.15 Å². The van der Waals surface area contributed by atoms with E-state index in [1.165, 1.54) is 0 Å². The van der Waals surface area contributed by atoms with Crippen LogP contribution >= 0.6 is 0 Å². The maximum Gasteiger partial charge on any atom is 0.405 e. The van der Waals surface area contributed by atoms with Crippen molar-refractivity contribution < 1.29 is 27.4 Å². The van der Waals surface area contributed by atoms with Gasteiger partial charge >= 0.3 is 6.18 Å². The van der Waals surface area contributed by atoms with E-state index >= 15 is 0 Å². The van der Waals surface area contributed by atoms with Crippen LogP contribution in [0.2, 0.25) is 0 Å². The number of furan rings is 1. The first-order valence-corrected chi connectivity index (χ1v) is 12.3. The Balaban J connectivity index is 1.71. The zero-order valence-electron chi connectivity index (χ0n) is 20.7. The average molecular weight is 508 g/mol. The molecule has 11 heteroatoms. The van der Waals surface area contributed by atoms with Crippen molar-refractivity contribution in [2.75, 3.05) is 30.4 Å². The molecule has 196 valence electrons. The number of hydrogen-bond donors (Lipinski definition) is 3. The molecule has 4 rings (SSSR count). The number of ether oxygens (including phenoxy) is 1. The van der Waals surface area contributed by atoms with Gasteiger partial charge in [-0.25, -0.2) is 9.97 Å². The highest BCUT2D eigenvalue weighted by molar-refractivity contribution is 5.88. The van der Waals surface area contributed by atoms with E-state index in [1.54, 1.807) is 6.92 Å². The second kappa shape index (κ2) is 10.9. The molecule has 1 fully saturated rings. The second-order valence-electron chi connectivity index (χ2n) is 9.29. The maximum absolute atomic E-state index is 12.8. The topological polar surface area (TPSA) is 105 Å². The highest BCUT2D eigenvalue weighted by Crippen LogP contribution is 2.37. The second-order valence-corrected chi connectivity index (χ2v) is 9.29. The molecule has 0 aromatic carbocycles. The largest absolute Gasteiger partial charge is 0.478 e. The monoisotopic (exact) mass is 507 g/mol. The lowest BCUT2D eigenvalue weighted by Gasteiger charge is -2.29. The van der Waals surface area contributed by atoms with Gasteiger partial charge in [-0.3, -0.25) is 0 Å². The summed E-state index contributed by atoms with van der Waals surface area (Å²) in [5.74, 6) is 1.58. The first kappa shape index (κ1) is 26.0. The van der Waals surface area contributed by atoms with Gasteiger partial charge < -0.3 is 24.9 Å². The van der Waals surface area contributed by atoms with E-state index < -0.39 is 12.7 Å². The van der Waals surface area contributed by atoms with Gasteiger partial charge in [-0.15, -0.1) is 0 Å². The summed E-state index contributed by atoms with van der Waals surface area (Å²) in [6.45, 7) is 5.05. The number of aliphatic hydroxyl groups excluding tert-OH is 1. The fourth-order valence-electron chi connectivity index (χ4n) is 4.49. The van der Waals surface area contributed by atoms with Gasteiger partial charge in [0.1, 0.15) is 18.1 Å². The number of fused-ring (bicyclic) bond motifs is 1. The molecule has 0 saturated heterocycles. The van der Waals surface area contributed by atoms with E-state index in [-0.39, 0.29) is 24.5 Å². The van der Waals surface area contributed by atoms with Gasteiger partial charge in [0.25, 0.3) is 0 Å². The van der Waals surface area contributed by atoms with Gasteiger partial charge in [0.15, 0.2) is 5.58 Å². The number of nitrogens with zero attached hydrogens (tertiary/aromatic N) is 3. The summed E-state index contributed by atoms with van der Waals surface area (Å²) in [6.07, 6.45) is -0.171. The highest BCUT2D eigenvalue weighted by atomic mass is 19.4.